The zero-order chi connectivity index (χ0) is 20.2. The topological polar surface area (TPSA) is 89.2 Å². The van der Waals surface area contributed by atoms with Crippen LogP contribution in [0.25, 0.3) is 0 Å². The molecule has 10 heteroatoms. The highest BCUT2D eigenvalue weighted by Gasteiger charge is 2.33. The highest BCUT2D eigenvalue weighted by molar-refractivity contribution is 7.16. The number of amides is 1. The lowest BCUT2D eigenvalue weighted by Gasteiger charge is -2.21. The van der Waals surface area contributed by atoms with Crippen LogP contribution in [-0.2, 0) is 17.5 Å². The quantitative estimate of drug-likeness (QED) is 0.779. The Morgan fingerprint density at radius 3 is 2.70 bits per heavy atom. The van der Waals surface area contributed by atoms with Gasteiger partial charge in [0.1, 0.15) is 6.07 Å². The Hall–Kier alpha value is -2.64. The van der Waals surface area contributed by atoms with Gasteiger partial charge in [0.15, 0.2) is 15.8 Å². The predicted molar refractivity (Wildman–Crippen MR) is 95.4 cm³/mol. The Morgan fingerprint density at radius 2 is 2.15 bits per heavy atom. The minimum atomic E-state index is -4.50. The monoisotopic (exact) mass is 398 g/mol. The third kappa shape index (κ3) is 4.75. The summed E-state index contributed by atoms with van der Waals surface area (Å²) in [5, 5.41) is 21.3. The summed E-state index contributed by atoms with van der Waals surface area (Å²) in [5.41, 5.74) is -0.446. The molecule has 0 aliphatic heterocycles. The standard InChI is InChI=1S/C17H17F3N4O2S/c1-10-12(4-3-5-13(10)17(18,19)20)9-24(11(2)26)15-14(8-21)27-16(23-15)22-6-7-25/h3-5,25H,6-7,9H2,1-2H3,(H,22,23). The third-order valence-corrected chi connectivity index (χ3v) is 4.72. The Morgan fingerprint density at radius 1 is 1.44 bits per heavy atom. The normalized spacial score (nSPS) is 11.1. The molecule has 2 N–H and O–H groups in total. The molecule has 0 atom stereocenters. The van der Waals surface area contributed by atoms with Gasteiger partial charge in [-0.3, -0.25) is 9.69 Å². The molecule has 0 bridgehead atoms. The van der Waals surface area contributed by atoms with Gasteiger partial charge in [0, 0.05) is 13.5 Å². The molecule has 0 spiro atoms. The van der Waals surface area contributed by atoms with E-state index in [-0.39, 0.29) is 36.0 Å². The number of rotatable bonds is 6. The lowest BCUT2D eigenvalue weighted by Crippen LogP contribution is -2.29. The molecule has 6 nitrogen and oxygen atoms in total. The molecule has 1 aromatic heterocycles. The molecule has 1 aromatic carbocycles. The number of carbonyl (C=O) groups excluding carboxylic acids is 1. The van der Waals surface area contributed by atoms with Gasteiger partial charge >= 0.3 is 6.18 Å². The minimum Gasteiger partial charge on any atom is -0.395 e. The first kappa shape index (κ1) is 20.7. The summed E-state index contributed by atoms with van der Waals surface area (Å²) in [7, 11) is 0. The first-order valence-corrected chi connectivity index (χ1v) is 8.70. The molecule has 0 unspecified atom stereocenters. The number of alkyl halides is 3. The van der Waals surface area contributed by atoms with E-state index in [1.54, 1.807) is 0 Å². The van der Waals surface area contributed by atoms with Crippen LogP contribution in [0.5, 0.6) is 0 Å². The Balaban J connectivity index is 2.42. The SMILES string of the molecule is CC(=O)N(Cc1cccc(C(F)(F)F)c1C)c1nc(NCCO)sc1C#N. The van der Waals surface area contributed by atoms with Crippen molar-refractivity contribution in [3.63, 3.8) is 0 Å². The van der Waals surface area contributed by atoms with Crippen LogP contribution < -0.4 is 10.2 Å². The molecule has 2 rings (SSSR count). The van der Waals surface area contributed by atoms with Crippen LogP contribution in [0, 0.1) is 18.3 Å². The summed E-state index contributed by atoms with van der Waals surface area (Å²) in [5.74, 6) is -0.380. The molecule has 0 saturated heterocycles. The van der Waals surface area contributed by atoms with Crippen molar-refractivity contribution in [3.8, 4) is 6.07 Å². The molecule has 0 radical (unpaired) electrons. The van der Waals surface area contributed by atoms with E-state index >= 15 is 0 Å². The number of carbonyl (C=O) groups is 1. The Kier molecular flexibility index (Phi) is 6.41. The lowest BCUT2D eigenvalue weighted by molar-refractivity contribution is -0.138. The van der Waals surface area contributed by atoms with Crippen molar-refractivity contribution >= 4 is 28.2 Å². The highest BCUT2D eigenvalue weighted by atomic mass is 32.1. The van der Waals surface area contributed by atoms with Crippen molar-refractivity contribution in [2.75, 3.05) is 23.4 Å². The Labute approximate surface area is 157 Å². The number of halogens is 3. The molecule has 27 heavy (non-hydrogen) atoms. The van der Waals surface area contributed by atoms with Gasteiger partial charge in [0.05, 0.1) is 18.7 Å². The third-order valence-electron chi connectivity index (χ3n) is 3.81. The zero-order valence-corrected chi connectivity index (χ0v) is 15.4. The van der Waals surface area contributed by atoms with Crippen LogP contribution in [0.2, 0.25) is 0 Å². The van der Waals surface area contributed by atoms with Gasteiger partial charge in [-0.2, -0.15) is 18.4 Å². The van der Waals surface area contributed by atoms with Crippen molar-refractivity contribution < 1.29 is 23.1 Å². The summed E-state index contributed by atoms with van der Waals surface area (Å²) in [6.45, 7) is 2.52. The summed E-state index contributed by atoms with van der Waals surface area (Å²) >= 11 is 0.999. The van der Waals surface area contributed by atoms with Crippen LogP contribution in [0.3, 0.4) is 0 Å². The summed E-state index contributed by atoms with van der Waals surface area (Å²) in [6, 6.07) is 5.71. The maximum absolute atomic E-state index is 13.1. The van der Waals surface area contributed by atoms with E-state index in [9.17, 15) is 23.2 Å². The van der Waals surface area contributed by atoms with Crippen LogP contribution in [0.1, 0.15) is 28.5 Å². The maximum Gasteiger partial charge on any atom is 0.416 e. The second-order valence-electron chi connectivity index (χ2n) is 5.63. The number of anilines is 2. The highest BCUT2D eigenvalue weighted by Crippen LogP contribution is 2.35. The largest absolute Gasteiger partial charge is 0.416 e. The first-order chi connectivity index (χ1) is 12.7. The number of thiazole rings is 1. The maximum atomic E-state index is 13.1. The second kappa shape index (κ2) is 8.37. The number of nitrogens with one attached hydrogen (secondary N) is 1. The van der Waals surface area contributed by atoms with Gasteiger partial charge in [-0.15, -0.1) is 0 Å². The molecule has 0 aliphatic rings. The average Bonchev–Trinajstić information content (AvgIpc) is 3.00. The second-order valence-corrected chi connectivity index (χ2v) is 6.63. The number of aliphatic hydroxyl groups is 1. The zero-order valence-electron chi connectivity index (χ0n) is 14.6. The van der Waals surface area contributed by atoms with Crippen LogP contribution in [-0.4, -0.2) is 29.1 Å². The van der Waals surface area contributed by atoms with Crippen molar-refractivity contribution in [1.29, 1.82) is 5.26 Å². The van der Waals surface area contributed by atoms with Gasteiger partial charge in [-0.05, 0) is 24.1 Å². The molecule has 1 amide bonds. The number of benzene rings is 1. The predicted octanol–water partition coefficient (Wildman–Crippen LogP) is 3.30. The van der Waals surface area contributed by atoms with Crippen LogP contribution in [0.15, 0.2) is 18.2 Å². The van der Waals surface area contributed by atoms with Crippen molar-refractivity contribution in [2.24, 2.45) is 0 Å². The molecular weight excluding hydrogens is 381 g/mol. The fourth-order valence-corrected chi connectivity index (χ4v) is 3.27. The number of aromatic nitrogens is 1. The molecule has 0 fully saturated rings. The van der Waals surface area contributed by atoms with Gasteiger partial charge in [0.25, 0.3) is 0 Å². The van der Waals surface area contributed by atoms with Gasteiger partial charge in [-0.1, -0.05) is 23.5 Å². The fourth-order valence-electron chi connectivity index (χ4n) is 2.47. The van der Waals surface area contributed by atoms with Crippen molar-refractivity contribution in [2.45, 2.75) is 26.6 Å². The smallest absolute Gasteiger partial charge is 0.395 e. The molecule has 1 heterocycles. The van der Waals surface area contributed by atoms with Gasteiger partial charge in [-0.25, -0.2) is 4.98 Å². The summed E-state index contributed by atoms with van der Waals surface area (Å²) in [4.78, 5) is 17.6. The van der Waals surface area contributed by atoms with E-state index in [0.717, 1.165) is 17.4 Å². The van der Waals surface area contributed by atoms with Gasteiger partial charge in [0.2, 0.25) is 5.91 Å². The number of nitrogens with zero attached hydrogens (tertiary/aromatic N) is 3. The van der Waals surface area contributed by atoms with E-state index in [0.29, 0.717) is 10.7 Å². The molecular formula is C17H17F3N4O2S. The lowest BCUT2D eigenvalue weighted by atomic mass is 10.0. The number of nitriles is 1. The van der Waals surface area contributed by atoms with Crippen molar-refractivity contribution in [3.05, 3.63) is 39.8 Å². The van der Waals surface area contributed by atoms with E-state index < -0.39 is 17.6 Å². The molecule has 0 saturated carbocycles. The van der Waals surface area contributed by atoms with E-state index in [4.69, 9.17) is 5.11 Å². The van der Waals surface area contributed by atoms with Crippen LogP contribution in [0.4, 0.5) is 24.1 Å². The minimum absolute atomic E-state index is 0.0172. The average molecular weight is 398 g/mol. The Bertz CT molecular complexity index is 874. The first-order valence-electron chi connectivity index (χ1n) is 7.88. The fraction of sp³-hybridized carbons (Fsp3) is 0.353. The molecule has 0 aliphatic carbocycles. The number of aliphatic hydroxyl groups excluding tert-OH is 1. The summed E-state index contributed by atoms with van der Waals surface area (Å²) in [6.07, 6.45) is -4.50. The van der Waals surface area contributed by atoms with E-state index in [2.05, 4.69) is 10.3 Å². The number of hydrogen-bond donors (Lipinski definition) is 2. The van der Waals surface area contributed by atoms with Gasteiger partial charge < -0.3 is 10.4 Å². The van der Waals surface area contributed by atoms with Crippen LogP contribution >= 0.6 is 11.3 Å². The summed E-state index contributed by atoms with van der Waals surface area (Å²) < 4.78 is 39.4. The molecule has 2 aromatic rings. The van der Waals surface area contributed by atoms with E-state index in [1.165, 1.54) is 30.9 Å². The van der Waals surface area contributed by atoms with E-state index in [1.807, 2.05) is 6.07 Å². The molecule has 144 valence electrons. The number of hydrogen-bond acceptors (Lipinski definition) is 6. The van der Waals surface area contributed by atoms with Crippen molar-refractivity contribution in [1.82, 2.24) is 4.98 Å².